The predicted molar refractivity (Wildman–Crippen MR) is 121 cm³/mol. The van der Waals surface area contributed by atoms with Gasteiger partial charge in [-0.2, -0.15) is 5.26 Å². The number of rotatable bonds is 5. The van der Waals surface area contributed by atoms with Crippen LogP contribution in [0.1, 0.15) is 47.8 Å². The number of ether oxygens (including phenoxy) is 1. The molecule has 3 aromatic rings. The van der Waals surface area contributed by atoms with Crippen LogP contribution in [0.15, 0.2) is 47.8 Å². The van der Waals surface area contributed by atoms with Crippen molar-refractivity contribution in [3.63, 3.8) is 0 Å². The van der Waals surface area contributed by atoms with Crippen LogP contribution in [0, 0.1) is 25.2 Å². The van der Waals surface area contributed by atoms with E-state index in [4.69, 9.17) is 10.00 Å². The highest BCUT2D eigenvalue weighted by Gasteiger charge is 2.38. The van der Waals surface area contributed by atoms with Gasteiger partial charge in [0, 0.05) is 0 Å². The summed E-state index contributed by atoms with van der Waals surface area (Å²) < 4.78 is 5.04. The second-order valence-electron chi connectivity index (χ2n) is 7.40. The van der Waals surface area contributed by atoms with Crippen LogP contribution in [0.4, 0.5) is 10.7 Å². The zero-order valence-electron chi connectivity index (χ0n) is 17.7. The van der Waals surface area contributed by atoms with Gasteiger partial charge in [-0.3, -0.25) is 14.4 Å². The number of amides is 3. The first-order valence-electron chi connectivity index (χ1n) is 9.85. The van der Waals surface area contributed by atoms with Crippen LogP contribution >= 0.6 is 11.3 Å². The van der Waals surface area contributed by atoms with Crippen molar-refractivity contribution in [2.45, 2.75) is 13.8 Å². The Kier molecular flexibility index (Phi) is 5.77. The number of esters is 1. The van der Waals surface area contributed by atoms with Crippen LogP contribution in [0.25, 0.3) is 0 Å². The third kappa shape index (κ3) is 4.12. The van der Waals surface area contributed by atoms with Gasteiger partial charge in [0.1, 0.15) is 11.1 Å². The molecule has 3 amide bonds. The van der Waals surface area contributed by atoms with Crippen LogP contribution in [0.2, 0.25) is 0 Å². The van der Waals surface area contributed by atoms with Crippen molar-refractivity contribution in [1.29, 1.82) is 5.26 Å². The Bertz CT molecular complexity index is 1370. The lowest BCUT2D eigenvalue weighted by Crippen LogP contribution is -2.30. The van der Waals surface area contributed by atoms with Crippen LogP contribution < -0.4 is 10.2 Å². The number of nitrogens with one attached hydrogen (secondary N) is 1. The fourth-order valence-electron chi connectivity index (χ4n) is 3.42. The van der Waals surface area contributed by atoms with E-state index in [1.54, 1.807) is 17.5 Å². The average molecular weight is 459 g/mol. The van der Waals surface area contributed by atoms with Crippen LogP contribution in [-0.2, 0) is 9.53 Å². The zero-order valence-corrected chi connectivity index (χ0v) is 18.5. The molecule has 0 fully saturated rings. The molecule has 1 aromatic heterocycles. The number of nitrogens with zero attached hydrogens (tertiary/aromatic N) is 2. The van der Waals surface area contributed by atoms with Crippen molar-refractivity contribution < 1.29 is 23.9 Å². The topological polar surface area (TPSA) is 117 Å². The Hall–Kier alpha value is -4.29. The summed E-state index contributed by atoms with van der Waals surface area (Å²) in [5, 5.41) is 13.5. The number of fused-ring (bicyclic) bond motifs is 1. The van der Waals surface area contributed by atoms with Gasteiger partial charge in [0.05, 0.1) is 27.9 Å². The first-order valence-corrected chi connectivity index (χ1v) is 10.7. The third-order valence-corrected chi connectivity index (χ3v) is 5.93. The van der Waals surface area contributed by atoms with E-state index in [1.165, 1.54) is 29.5 Å². The lowest BCUT2D eigenvalue weighted by atomic mass is 10.1. The van der Waals surface area contributed by atoms with Gasteiger partial charge in [0.25, 0.3) is 17.7 Å². The first-order chi connectivity index (χ1) is 15.8. The van der Waals surface area contributed by atoms with Crippen LogP contribution in [0.5, 0.6) is 0 Å². The molecule has 1 N–H and O–H groups in total. The molecular formula is C24H17N3O5S. The first kappa shape index (κ1) is 21.9. The number of nitriles is 1. The number of benzene rings is 2. The van der Waals surface area contributed by atoms with Gasteiger partial charge < -0.3 is 10.1 Å². The predicted octanol–water partition coefficient (Wildman–Crippen LogP) is 3.83. The van der Waals surface area contributed by atoms with Gasteiger partial charge in [-0.1, -0.05) is 12.1 Å². The Balaban J connectivity index is 1.48. The van der Waals surface area contributed by atoms with E-state index in [0.717, 1.165) is 16.0 Å². The SMILES string of the molecule is Cc1ccc(C)c(N2C(=O)c3ccc(C(=O)OCC(=O)Nc4sccc4C#N)cc3C2=O)c1. The molecule has 0 unspecified atom stereocenters. The average Bonchev–Trinajstić information content (AvgIpc) is 3.35. The maximum absolute atomic E-state index is 13.0. The number of imide groups is 1. The number of hydrogen-bond acceptors (Lipinski definition) is 7. The molecule has 4 rings (SSSR count). The van der Waals surface area contributed by atoms with Gasteiger partial charge in [-0.05, 0) is 60.7 Å². The molecule has 9 heteroatoms. The molecule has 33 heavy (non-hydrogen) atoms. The maximum atomic E-state index is 13.0. The quantitative estimate of drug-likeness (QED) is 0.458. The Morgan fingerprint density at radius 2 is 1.82 bits per heavy atom. The van der Waals surface area contributed by atoms with Crippen molar-refractivity contribution in [2.24, 2.45) is 0 Å². The highest BCUT2D eigenvalue weighted by Crippen LogP contribution is 2.32. The monoisotopic (exact) mass is 459 g/mol. The molecule has 0 saturated heterocycles. The summed E-state index contributed by atoms with van der Waals surface area (Å²) in [6.07, 6.45) is 0. The van der Waals surface area contributed by atoms with Crippen molar-refractivity contribution in [2.75, 3.05) is 16.8 Å². The van der Waals surface area contributed by atoms with E-state index in [0.29, 0.717) is 16.3 Å². The smallest absolute Gasteiger partial charge is 0.338 e. The summed E-state index contributed by atoms with van der Waals surface area (Å²) in [4.78, 5) is 51.5. The van der Waals surface area contributed by atoms with Gasteiger partial charge in [-0.25, -0.2) is 9.69 Å². The number of aryl methyl sites for hydroxylation is 2. The largest absolute Gasteiger partial charge is 0.452 e. The minimum atomic E-state index is -0.815. The van der Waals surface area contributed by atoms with E-state index < -0.39 is 30.3 Å². The summed E-state index contributed by atoms with van der Waals surface area (Å²) >= 11 is 1.18. The fourth-order valence-corrected chi connectivity index (χ4v) is 4.17. The third-order valence-electron chi connectivity index (χ3n) is 5.10. The molecule has 1 aliphatic heterocycles. The van der Waals surface area contributed by atoms with Crippen molar-refractivity contribution in [1.82, 2.24) is 0 Å². The molecule has 0 spiro atoms. The molecule has 0 radical (unpaired) electrons. The maximum Gasteiger partial charge on any atom is 0.338 e. The number of carbonyl (C=O) groups is 4. The Morgan fingerprint density at radius 3 is 2.58 bits per heavy atom. The molecule has 8 nitrogen and oxygen atoms in total. The molecule has 0 atom stereocenters. The van der Waals surface area contributed by atoms with Crippen LogP contribution in [0.3, 0.4) is 0 Å². The summed E-state index contributed by atoms with van der Waals surface area (Å²) in [6, 6.07) is 13.1. The van der Waals surface area contributed by atoms with Gasteiger partial charge in [0.15, 0.2) is 6.61 Å². The second kappa shape index (κ2) is 8.68. The standard InChI is InChI=1S/C24H17N3O5S/c1-13-3-4-14(2)19(9-13)27-22(29)17-6-5-15(10-18(17)23(27)30)24(31)32-12-20(28)26-21-16(11-25)7-8-33-21/h3-10H,12H2,1-2H3,(H,26,28). The normalized spacial score (nSPS) is 12.3. The summed E-state index contributed by atoms with van der Waals surface area (Å²) in [5.74, 6) is -2.41. The van der Waals surface area contributed by atoms with Crippen molar-refractivity contribution in [3.05, 3.63) is 81.2 Å². The molecule has 2 heterocycles. The lowest BCUT2D eigenvalue weighted by molar-refractivity contribution is -0.119. The zero-order chi connectivity index (χ0) is 23.7. The van der Waals surface area contributed by atoms with Crippen molar-refractivity contribution in [3.8, 4) is 6.07 Å². The number of carbonyl (C=O) groups excluding carboxylic acids is 4. The minimum Gasteiger partial charge on any atom is -0.452 e. The summed E-state index contributed by atoms with van der Waals surface area (Å²) in [5.41, 5.74) is 2.81. The number of thiophene rings is 1. The molecule has 0 bridgehead atoms. The molecular weight excluding hydrogens is 442 g/mol. The molecule has 164 valence electrons. The summed E-state index contributed by atoms with van der Waals surface area (Å²) in [6.45, 7) is 3.10. The Labute approximate surface area is 193 Å². The summed E-state index contributed by atoms with van der Waals surface area (Å²) in [7, 11) is 0. The van der Waals surface area contributed by atoms with Gasteiger partial charge in [-0.15, -0.1) is 11.3 Å². The molecule has 0 aliphatic carbocycles. The number of anilines is 2. The van der Waals surface area contributed by atoms with E-state index in [1.807, 2.05) is 32.0 Å². The Morgan fingerprint density at radius 1 is 1.06 bits per heavy atom. The molecule has 0 saturated carbocycles. The van der Waals surface area contributed by atoms with E-state index in [9.17, 15) is 19.2 Å². The van der Waals surface area contributed by atoms with E-state index in [2.05, 4.69) is 5.32 Å². The molecule has 1 aliphatic rings. The molecule has 2 aromatic carbocycles. The lowest BCUT2D eigenvalue weighted by Gasteiger charge is -2.17. The minimum absolute atomic E-state index is 0.0411. The van der Waals surface area contributed by atoms with E-state index >= 15 is 0 Å². The van der Waals surface area contributed by atoms with E-state index in [-0.39, 0.29) is 16.7 Å². The van der Waals surface area contributed by atoms with Crippen molar-refractivity contribution >= 4 is 45.7 Å². The second-order valence-corrected chi connectivity index (χ2v) is 8.31. The highest BCUT2D eigenvalue weighted by atomic mass is 32.1. The number of hydrogen-bond donors (Lipinski definition) is 1. The van der Waals surface area contributed by atoms with Crippen LogP contribution in [-0.4, -0.2) is 30.3 Å². The fraction of sp³-hybridized carbons (Fsp3) is 0.125. The van der Waals surface area contributed by atoms with Gasteiger partial charge >= 0.3 is 5.97 Å². The van der Waals surface area contributed by atoms with Gasteiger partial charge in [0.2, 0.25) is 0 Å². The highest BCUT2D eigenvalue weighted by molar-refractivity contribution is 7.14.